The van der Waals surface area contributed by atoms with E-state index in [1.807, 2.05) is 42.5 Å². The number of likely N-dealkylation sites (tertiary alicyclic amines) is 1. The minimum atomic E-state index is -1.18. The molecular formula is C28H32N2O5. The van der Waals surface area contributed by atoms with E-state index in [1.54, 1.807) is 4.90 Å². The molecule has 35 heavy (non-hydrogen) atoms. The first-order chi connectivity index (χ1) is 17.0. The van der Waals surface area contributed by atoms with Crippen molar-refractivity contribution in [2.24, 2.45) is 5.92 Å². The van der Waals surface area contributed by atoms with Gasteiger partial charge in [-0.25, -0.2) is 4.79 Å². The second kappa shape index (κ2) is 11.2. The van der Waals surface area contributed by atoms with E-state index in [2.05, 4.69) is 24.0 Å². The molecule has 1 saturated heterocycles. The van der Waals surface area contributed by atoms with Gasteiger partial charge in [-0.2, -0.15) is 0 Å². The standard InChI is InChI=1S/C28H32N2O5/c1-2-9-19-10-7-8-15-30(17-19)27(33)25(16-26(31)32)29-28(34)35-18-24-22-13-5-3-11-20(22)21-12-4-6-14-23(21)24/h2-6,11-14,19,24-25H,1,7-10,15-18H2,(H,29,34)(H,31,32). The summed E-state index contributed by atoms with van der Waals surface area (Å²) >= 11 is 0. The van der Waals surface area contributed by atoms with E-state index >= 15 is 0 Å². The van der Waals surface area contributed by atoms with E-state index in [4.69, 9.17) is 4.74 Å². The number of hydrogen-bond donors (Lipinski definition) is 2. The van der Waals surface area contributed by atoms with E-state index in [0.29, 0.717) is 19.0 Å². The van der Waals surface area contributed by atoms with Gasteiger partial charge in [0.1, 0.15) is 12.6 Å². The summed E-state index contributed by atoms with van der Waals surface area (Å²) in [5, 5.41) is 11.9. The number of hydrogen-bond acceptors (Lipinski definition) is 4. The van der Waals surface area contributed by atoms with Crippen LogP contribution in [-0.4, -0.2) is 53.7 Å². The highest BCUT2D eigenvalue weighted by Crippen LogP contribution is 2.44. The number of rotatable bonds is 8. The molecule has 0 spiro atoms. The number of aliphatic carboxylic acids is 1. The van der Waals surface area contributed by atoms with E-state index in [0.717, 1.165) is 47.9 Å². The Labute approximate surface area is 205 Å². The zero-order chi connectivity index (χ0) is 24.8. The van der Waals surface area contributed by atoms with Crippen molar-refractivity contribution in [2.45, 2.75) is 44.1 Å². The molecule has 2 N–H and O–H groups in total. The van der Waals surface area contributed by atoms with E-state index < -0.39 is 24.5 Å². The first-order valence-electron chi connectivity index (χ1n) is 12.2. The Kier molecular flexibility index (Phi) is 7.85. The highest BCUT2D eigenvalue weighted by Gasteiger charge is 2.32. The summed E-state index contributed by atoms with van der Waals surface area (Å²) in [5.41, 5.74) is 4.40. The van der Waals surface area contributed by atoms with Crippen molar-refractivity contribution >= 4 is 18.0 Å². The summed E-state index contributed by atoms with van der Waals surface area (Å²) in [6, 6.07) is 14.9. The van der Waals surface area contributed by atoms with Gasteiger partial charge in [-0.1, -0.05) is 61.0 Å². The fraction of sp³-hybridized carbons (Fsp3) is 0.393. The molecule has 1 fully saturated rings. The van der Waals surface area contributed by atoms with Crippen LogP contribution in [0.1, 0.15) is 49.1 Å². The summed E-state index contributed by atoms with van der Waals surface area (Å²) in [7, 11) is 0. The van der Waals surface area contributed by atoms with E-state index in [-0.39, 0.29) is 18.4 Å². The maximum atomic E-state index is 13.2. The number of benzene rings is 2. The minimum absolute atomic E-state index is 0.0962. The molecule has 2 atom stereocenters. The van der Waals surface area contributed by atoms with Crippen LogP contribution >= 0.6 is 0 Å². The smallest absolute Gasteiger partial charge is 0.407 e. The zero-order valence-corrected chi connectivity index (χ0v) is 19.8. The van der Waals surface area contributed by atoms with Gasteiger partial charge < -0.3 is 20.1 Å². The fourth-order valence-corrected chi connectivity index (χ4v) is 5.24. The Bertz CT molecular complexity index is 1050. The molecule has 2 aliphatic rings. The van der Waals surface area contributed by atoms with Gasteiger partial charge in [-0.05, 0) is 47.4 Å². The average molecular weight is 477 g/mol. The summed E-state index contributed by atoms with van der Waals surface area (Å²) in [5.74, 6) is -1.36. The Balaban J connectivity index is 1.42. The van der Waals surface area contributed by atoms with Gasteiger partial charge in [0, 0.05) is 19.0 Å². The second-order valence-corrected chi connectivity index (χ2v) is 9.29. The quantitative estimate of drug-likeness (QED) is 0.544. The molecule has 1 heterocycles. The summed E-state index contributed by atoms with van der Waals surface area (Å²) in [6.07, 6.45) is 4.22. The van der Waals surface area contributed by atoms with Crippen LogP contribution in [0.25, 0.3) is 11.1 Å². The van der Waals surface area contributed by atoms with Crippen molar-refractivity contribution in [3.05, 3.63) is 72.3 Å². The van der Waals surface area contributed by atoms with Crippen molar-refractivity contribution in [1.29, 1.82) is 0 Å². The third kappa shape index (κ3) is 5.73. The molecule has 184 valence electrons. The molecule has 0 aromatic heterocycles. The number of carbonyl (C=O) groups excluding carboxylic acids is 2. The molecule has 2 aromatic carbocycles. The molecule has 7 heteroatoms. The third-order valence-electron chi connectivity index (χ3n) is 6.89. The highest BCUT2D eigenvalue weighted by molar-refractivity contribution is 5.89. The molecule has 0 bridgehead atoms. The first kappa shape index (κ1) is 24.5. The molecule has 0 saturated carbocycles. The Morgan fingerprint density at radius 1 is 1.09 bits per heavy atom. The number of amides is 2. The molecule has 0 radical (unpaired) electrons. The first-order valence-corrected chi connectivity index (χ1v) is 12.2. The second-order valence-electron chi connectivity index (χ2n) is 9.29. The van der Waals surface area contributed by atoms with Crippen molar-refractivity contribution < 1.29 is 24.2 Å². The molecular weight excluding hydrogens is 444 g/mol. The molecule has 2 unspecified atom stereocenters. The van der Waals surface area contributed by atoms with Crippen LogP contribution in [-0.2, 0) is 14.3 Å². The monoisotopic (exact) mass is 476 g/mol. The number of carbonyl (C=O) groups is 3. The molecule has 7 nitrogen and oxygen atoms in total. The van der Waals surface area contributed by atoms with Gasteiger partial charge in [-0.3, -0.25) is 9.59 Å². The van der Waals surface area contributed by atoms with Crippen molar-refractivity contribution in [2.75, 3.05) is 19.7 Å². The van der Waals surface area contributed by atoms with Gasteiger partial charge in [0.25, 0.3) is 0 Å². The largest absolute Gasteiger partial charge is 0.481 e. The number of alkyl carbamates (subject to hydrolysis) is 1. The molecule has 4 rings (SSSR count). The van der Waals surface area contributed by atoms with Gasteiger partial charge in [0.05, 0.1) is 6.42 Å². The lowest BCUT2D eigenvalue weighted by Crippen LogP contribution is -2.50. The highest BCUT2D eigenvalue weighted by atomic mass is 16.5. The summed E-state index contributed by atoms with van der Waals surface area (Å²) in [4.78, 5) is 39.1. The number of nitrogens with one attached hydrogen (secondary N) is 1. The molecule has 1 aliphatic heterocycles. The maximum absolute atomic E-state index is 13.2. The predicted octanol–water partition coefficient (Wildman–Crippen LogP) is 4.57. The van der Waals surface area contributed by atoms with Crippen LogP contribution in [0, 0.1) is 5.92 Å². The topological polar surface area (TPSA) is 95.9 Å². The maximum Gasteiger partial charge on any atom is 0.407 e. The summed E-state index contributed by atoms with van der Waals surface area (Å²) < 4.78 is 5.55. The lowest BCUT2D eigenvalue weighted by molar-refractivity contribution is -0.142. The molecule has 1 aliphatic carbocycles. The zero-order valence-electron chi connectivity index (χ0n) is 19.8. The van der Waals surface area contributed by atoms with Crippen molar-refractivity contribution in [1.82, 2.24) is 10.2 Å². The Hall–Kier alpha value is -3.61. The van der Waals surface area contributed by atoms with E-state index in [9.17, 15) is 19.5 Å². The van der Waals surface area contributed by atoms with Gasteiger partial charge in [0.15, 0.2) is 0 Å². The van der Waals surface area contributed by atoms with Crippen molar-refractivity contribution in [3.8, 4) is 11.1 Å². The minimum Gasteiger partial charge on any atom is -0.481 e. The fourth-order valence-electron chi connectivity index (χ4n) is 5.24. The Morgan fingerprint density at radius 3 is 2.37 bits per heavy atom. The number of nitrogens with zero attached hydrogens (tertiary/aromatic N) is 1. The lowest BCUT2D eigenvalue weighted by Gasteiger charge is -2.28. The number of allylic oxidation sites excluding steroid dienone is 1. The summed E-state index contributed by atoms with van der Waals surface area (Å²) in [6.45, 7) is 4.98. The van der Waals surface area contributed by atoms with Crippen LogP contribution in [0.2, 0.25) is 0 Å². The third-order valence-corrected chi connectivity index (χ3v) is 6.89. The SMILES string of the molecule is C=CCC1CCCCN(C(=O)C(CC(=O)O)NC(=O)OCC2c3ccccc3-c3ccccc32)C1. The van der Waals surface area contributed by atoms with Crippen LogP contribution in [0.3, 0.4) is 0 Å². The van der Waals surface area contributed by atoms with Crippen LogP contribution in [0.5, 0.6) is 0 Å². The number of carboxylic acids is 1. The normalized spacial score (nSPS) is 18.1. The van der Waals surface area contributed by atoms with Crippen molar-refractivity contribution in [3.63, 3.8) is 0 Å². The van der Waals surface area contributed by atoms with E-state index in [1.165, 1.54) is 0 Å². The van der Waals surface area contributed by atoms with Gasteiger partial charge in [0.2, 0.25) is 5.91 Å². The van der Waals surface area contributed by atoms with Crippen LogP contribution in [0.15, 0.2) is 61.2 Å². The lowest BCUT2D eigenvalue weighted by atomic mass is 9.98. The van der Waals surface area contributed by atoms with Gasteiger partial charge in [-0.15, -0.1) is 6.58 Å². The van der Waals surface area contributed by atoms with Crippen LogP contribution in [0.4, 0.5) is 4.79 Å². The average Bonchev–Trinajstić information content (AvgIpc) is 2.98. The number of fused-ring (bicyclic) bond motifs is 3. The molecule has 2 amide bonds. The van der Waals surface area contributed by atoms with Crippen LogP contribution < -0.4 is 5.32 Å². The predicted molar refractivity (Wildman–Crippen MR) is 133 cm³/mol. The van der Waals surface area contributed by atoms with Gasteiger partial charge >= 0.3 is 12.1 Å². The number of carboxylic acid groups (broad SMARTS) is 1. The Morgan fingerprint density at radius 2 is 1.74 bits per heavy atom. The number of ether oxygens (including phenoxy) is 1. The molecule has 2 aromatic rings.